The molecule has 0 bridgehead atoms. The van der Waals surface area contributed by atoms with E-state index in [-0.39, 0.29) is 6.03 Å². The molecular formula is C16H15N3O3. The Labute approximate surface area is 127 Å². The average Bonchev–Trinajstić information content (AvgIpc) is 2.99. The SMILES string of the molecule is COc1ccc(OC)c(NC(=O)n2ncc3ccccc32)c1. The molecule has 112 valence electrons. The summed E-state index contributed by atoms with van der Waals surface area (Å²) >= 11 is 0. The van der Waals surface area contributed by atoms with Crippen molar-refractivity contribution < 1.29 is 14.3 Å². The highest BCUT2D eigenvalue weighted by molar-refractivity contribution is 5.98. The Hall–Kier alpha value is -3.02. The van der Waals surface area contributed by atoms with Crippen molar-refractivity contribution in [2.75, 3.05) is 19.5 Å². The lowest BCUT2D eigenvalue weighted by Crippen LogP contribution is -2.20. The number of fused-ring (bicyclic) bond motifs is 1. The Morgan fingerprint density at radius 2 is 1.95 bits per heavy atom. The number of nitrogens with zero attached hydrogens (tertiary/aromatic N) is 2. The molecule has 0 radical (unpaired) electrons. The van der Waals surface area contributed by atoms with E-state index >= 15 is 0 Å². The number of hydrogen-bond donors (Lipinski definition) is 1. The number of rotatable bonds is 3. The van der Waals surface area contributed by atoms with Gasteiger partial charge in [-0.2, -0.15) is 9.78 Å². The van der Waals surface area contributed by atoms with Crippen molar-refractivity contribution in [3.05, 3.63) is 48.7 Å². The summed E-state index contributed by atoms with van der Waals surface area (Å²) in [6.45, 7) is 0. The number of amides is 1. The lowest BCUT2D eigenvalue weighted by Gasteiger charge is -2.11. The van der Waals surface area contributed by atoms with Crippen LogP contribution < -0.4 is 14.8 Å². The van der Waals surface area contributed by atoms with Crippen molar-refractivity contribution in [2.45, 2.75) is 0 Å². The van der Waals surface area contributed by atoms with Gasteiger partial charge in [-0.05, 0) is 18.2 Å². The first-order valence-corrected chi connectivity index (χ1v) is 6.69. The normalized spacial score (nSPS) is 10.5. The molecular weight excluding hydrogens is 282 g/mol. The molecule has 0 unspecified atom stereocenters. The van der Waals surface area contributed by atoms with Crippen LogP contribution in [0, 0.1) is 0 Å². The van der Waals surface area contributed by atoms with Crippen LogP contribution in [0.4, 0.5) is 10.5 Å². The number of carbonyl (C=O) groups excluding carboxylic acids is 1. The number of methoxy groups -OCH3 is 2. The van der Waals surface area contributed by atoms with Gasteiger partial charge in [-0.25, -0.2) is 4.79 Å². The Morgan fingerprint density at radius 1 is 1.14 bits per heavy atom. The van der Waals surface area contributed by atoms with Crippen molar-refractivity contribution in [3.8, 4) is 11.5 Å². The van der Waals surface area contributed by atoms with Crippen LogP contribution in [0.1, 0.15) is 0 Å². The zero-order valence-corrected chi connectivity index (χ0v) is 12.2. The molecule has 0 saturated carbocycles. The fraction of sp³-hybridized carbons (Fsp3) is 0.125. The first kappa shape index (κ1) is 13.9. The number of para-hydroxylation sites is 1. The maximum atomic E-state index is 12.4. The van der Waals surface area contributed by atoms with E-state index in [9.17, 15) is 4.79 Å². The lowest BCUT2D eigenvalue weighted by molar-refractivity contribution is 0.251. The minimum Gasteiger partial charge on any atom is -0.497 e. The maximum absolute atomic E-state index is 12.4. The number of nitrogens with one attached hydrogen (secondary N) is 1. The van der Waals surface area contributed by atoms with Crippen molar-refractivity contribution >= 4 is 22.6 Å². The monoisotopic (exact) mass is 297 g/mol. The van der Waals surface area contributed by atoms with Crippen molar-refractivity contribution in [1.29, 1.82) is 0 Å². The van der Waals surface area contributed by atoms with Gasteiger partial charge in [-0.3, -0.25) is 0 Å². The zero-order valence-electron chi connectivity index (χ0n) is 12.2. The van der Waals surface area contributed by atoms with Crippen molar-refractivity contribution in [3.63, 3.8) is 0 Å². The summed E-state index contributed by atoms with van der Waals surface area (Å²) in [4.78, 5) is 12.4. The van der Waals surface area contributed by atoms with E-state index in [2.05, 4.69) is 10.4 Å². The molecule has 0 spiro atoms. The third kappa shape index (κ3) is 2.46. The largest absolute Gasteiger partial charge is 0.497 e. The van der Waals surface area contributed by atoms with Crippen LogP contribution >= 0.6 is 0 Å². The van der Waals surface area contributed by atoms with Gasteiger partial charge >= 0.3 is 6.03 Å². The van der Waals surface area contributed by atoms with Gasteiger partial charge in [-0.15, -0.1) is 0 Å². The number of aromatic nitrogens is 2. The standard InChI is InChI=1S/C16H15N3O3/c1-21-12-7-8-15(22-2)13(9-12)18-16(20)19-14-6-4-3-5-11(14)10-17-19/h3-10H,1-2H3,(H,18,20). The fourth-order valence-corrected chi connectivity index (χ4v) is 2.21. The third-order valence-corrected chi connectivity index (χ3v) is 3.32. The summed E-state index contributed by atoms with van der Waals surface area (Å²) in [5.74, 6) is 1.17. The molecule has 3 aromatic rings. The predicted octanol–water partition coefficient (Wildman–Crippen LogP) is 3.13. The van der Waals surface area contributed by atoms with E-state index in [1.165, 1.54) is 4.68 Å². The molecule has 0 aliphatic carbocycles. The highest BCUT2D eigenvalue weighted by Crippen LogP contribution is 2.29. The summed E-state index contributed by atoms with van der Waals surface area (Å²) in [5, 5.41) is 7.81. The Morgan fingerprint density at radius 3 is 2.73 bits per heavy atom. The minimum atomic E-state index is -0.368. The molecule has 3 rings (SSSR count). The Bertz CT molecular complexity index is 826. The quantitative estimate of drug-likeness (QED) is 0.806. The zero-order chi connectivity index (χ0) is 15.5. The smallest absolute Gasteiger partial charge is 0.347 e. The molecule has 2 aromatic carbocycles. The van der Waals surface area contributed by atoms with Crippen molar-refractivity contribution in [1.82, 2.24) is 9.78 Å². The highest BCUT2D eigenvalue weighted by Gasteiger charge is 2.13. The summed E-state index contributed by atoms with van der Waals surface area (Å²) in [6.07, 6.45) is 1.65. The summed E-state index contributed by atoms with van der Waals surface area (Å²) in [6, 6.07) is 12.3. The van der Waals surface area contributed by atoms with Crippen LogP contribution in [0.5, 0.6) is 11.5 Å². The van der Waals surface area contributed by atoms with Crippen LogP contribution in [0.15, 0.2) is 48.7 Å². The second-order valence-electron chi connectivity index (χ2n) is 4.61. The molecule has 22 heavy (non-hydrogen) atoms. The van der Waals surface area contributed by atoms with E-state index in [1.807, 2.05) is 24.3 Å². The molecule has 0 fully saturated rings. The fourth-order valence-electron chi connectivity index (χ4n) is 2.21. The van der Waals surface area contributed by atoms with Crippen LogP contribution in [-0.4, -0.2) is 30.0 Å². The summed E-state index contributed by atoms with van der Waals surface area (Å²) in [7, 11) is 3.11. The first-order chi connectivity index (χ1) is 10.7. The second-order valence-corrected chi connectivity index (χ2v) is 4.61. The van der Waals surface area contributed by atoms with Crippen LogP contribution in [0.2, 0.25) is 0 Å². The van der Waals surface area contributed by atoms with E-state index in [0.29, 0.717) is 17.2 Å². The predicted molar refractivity (Wildman–Crippen MR) is 83.7 cm³/mol. The molecule has 1 aromatic heterocycles. The van der Waals surface area contributed by atoms with E-state index < -0.39 is 0 Å². The second kappa shape index (κ2) is 5.77. The number of hydrogen-bond acceptors (Lipinski definition) is 4. The molecule has 6 nitrogen and oxygen atoms in total. The topological polar surface area (TPSA) is 65.4 Å². The number of anilines is 1. The minimum absolute atomic E-state index is 0.368. The van der Waals surface area contributed by atoms with Gasteiger partial charge in [0.2, 0.25) is 0 Å². The van der Waals surface area contributed by atoms with E-state index in [0.717, 1.165) is 10.9 Å². The van der Waals surface area contributed by atoms with Crippen LogP contribution in [0.3, 0.4) is 0 Å². The Kier molecular flexibility index (Phi) is 3.65. The van der Waals surface area contributed by atoms with Crippen LogP contribution in [0.25, 0.3) is 10.9 Å². The van der Waals surface area contributed by atoms with Gasteiger partial charge < -0.3 is 14.8 Å². The summed E-state index contributed by atoms with van der Waals surface area (Å²) < 4.78 is 11.7. The van der Waals surface area contributed by atoms with E-state index in [1.54, 1.807) is 38.6 Å². The number of benzene rings is 2. The van der Waals surface area contributed by atoms with Gasteiger partial charge in [0, 0.05) is 11.5 Å². The Balaban J connectivity index is 1.94. The number of ether oxygens (including phenoxy) is 2. The van der Waals surface area contributed by atoms with Crippen molar-refractivity contribution in [2.24, 2.45) is 0 Å². The first-order valence-electron chi connectivity index (χ1n) is 6.69. The van der Waals surface area contributed by atoms with Crippen LogP contribution in [-0.2, 0) is 0 Å². The van der Waals surface area contributed by atoms with Gasteiger partial charge in [-0.1, -0.05) is 18.2 Å². The highest BCUT2D eigenvalue weighted by atomic mass is 16.5. The van der Waals surface area contributed by atoms with Gasteiger partial charge in [0.25, 0.3) is 0 Å². The molecule has 6 heteroatoms. The molecule has 1 N–H and O–H groups in total. The third-order valence-electron chi connectivity index (χ3n) is 3.32. The lowest BCUT2D eigenvalue weighted by atomic mass is 10.2. The van der Waals surface area contributed by atoms with E-state index in [4.69, 9.17) is 9.47 Å². The summed E-state index contributed by atoms with van der Waals surface area (Å²) in [5.41, 5.74) is 1.26. The number of carbonyl (C=O) groups is 1. The molecule has 0 atom stereocenters. The van der Waals surface area contributed by atoms with Gasteiger partial charge in [0.15, 0.2) is 0 Å². The molecule has 0 aliphatic rings. The molecule has 1 amide bonds. The van der Waals surface area contributed by atoms with Gasteiger partial charge in [0.05, 0.1) is 31.6 Å². The molecule has 0 aliphatic heterocycles. The molecule has 1 heterocycles. The average molecular weight is 297 g/mol. The molecule has 0 saturated heterocycles. The van der Waals surface area contributed by atoms with Gasteiger partial charge in [0.1, 0.15) is 11.5 Å². The maximum Gasteiger partial charge on any atom is 0.347 e.